The number of hydrogen-bond donors (Lipinski definition) is 3. The number of benzene rings is 1. The van der Waals surface area contributed by atoms with Gasteiger partial charge < -0.3 is 10.2 Å². The van der Waals surface area contributed by atoms with Crippen LogP contribution in [-0.4, -0.2) is 36.7 Å². The Morgan fingerprint density at radius 3 is 2.33 bits per heavy atom. The van der Waals surface area contributed by atoms with Crippen LogP contribution in [0.25, 0.3) is 0 Å². The van der Waals surface area contributed by atoms with Crippen molar-refractivity contribution < 1.29 is 23.4 Å². The molecular formula is C14H21NO5S. The summed E-state index contributed by atoms with van der Waals surface area (Å²) in [6, 6.07) is 2.14. The van der Waals surface area contributed by atoms with E-state index in [9.17, 15) is 18.3 Å². The van der Waals surface area contributed by atoms with Crippen LogP contribution < -0.4 is 4.72 Å². The number of carboxylic acid groups (broad SMARTS) is 1. The van der Waals surface area contributed by atoms with Crippen LogP contribution >= 0.6 is 0 Å². The zero-order valence-electron chi connectivity index (χ0n) is 12.5. The molecule has 0 saturated heterocycles. The number of aromatic carboxylic acids is 1. The fourth-order valence-corrected chi connectivity index (χ4v) is 3.72. The molecule has 0 heterocycles. The summed E-state index contributed by atoms with van der Waals surface area (Å²) >= 11 is 0. The number of carboxylic acids is 1. The lowest BCUT2D eigenvalue weighted by Gasteiger charge is -2.17. The topological polar surface area (TPSA) is 104 Å². The van der Waals surface area contributed by atoms with Crippen molar-refractivity contribution >= 4 is 16.0 Å². The number of rotatable bonds is 6. The molecule has 2 atom stereocenters. The summed E-state index contributed by atoms with van der Waals surface area (Å²) in [5.41, 5.74) is 1.04. The van der Waals surface area contributed by atoms with Gasteiger partial charge in [0.05, 0.1) is 16.6 Å². The Kier molecular flexibility index (Phi) is 5.49. The smallest absolute Gasteiger partial charge is 0.335 e. The van der Waals surface area contributed by atoms with Gasteiger partial charge in [-0.05, 0) is 57.4 Å². The Morgan fingerprint density at radius 1 is 1.29 bits per heavy atom. The van der Waals surface area contributed by atoms with Crippen molar-refractivity contribution in [3.8, 4) is 0 Å². The average molecular weight is 315 g/mol. The number of carbonyl (C=O) groups is 1. The molecule has 1 aromatic rings. The third-order valence-electron chi connectivity index (χ3n) is 3.21. The predicted octanol–water partition coefficient (Wildman–Crippen LogP) is 1.44. The molecule has 118 valence electrons. The van der Waals surface area contributed by atoms with Gasteiger partial charge in [-0.15, -0.1) is 0 Å². The molecule has 0 aliphatic rings. The van der Waals surface area contributed by atoms with Gasteiger partial charge in [-0.25, -0.2) is 17.9 Å². The zero-order valence-corrected chi connectivity index (χ0v) is 13.4. The van der Waals surface area contributed by atoms with Crippen molar-refractivity contribution in [3.63, 3.8) is 0 Å². The fourth-order valence-electron chi connectivity index (χ4n) is 2.12. The van der Waals surface area contributed by atoms with Gasteiger partial charge in [0.1, 0.15) is 0 Å². The van der Waals surface area contributed by atoms with Gasteiger partial charge in [0, 0.05) is 6.04 Å². The molecule has 21 heavy (non-hydrogen) atoms. The summed E-state index contributed by atoms with van der Waals surface area (Å²) in [5, 5.41) is 18.3. The van der Waals surface area contributed by atoms with Crippen molar-refractivity contribution in [2.45, 2.75) is 51.2 Å². The average Bonchev–Trinajstić information content (AvgIpc) is 2.29. The first-order chi connectivity index (χ1) is 9.54. The Balaban J connectivity index is 3.22. The molecule has 0 amide bonds. The summed E-state index contributed by atoms with van der Waals surface area (Å²) in [6.45, 7) is 6.52. The summed E-state index contributed by atoms with van der Waals surface area (Å²) in [5.74, 6) is -1.17. The maximum atomic E-state index is 12.4. The summed E-state index contributed by atoms with van der Waals surface area (Å²) in [4.78, 5) is 11.0. The highest BCUT2D eigenvalue weighted by atomic mass is 32.2. The molecule has 1 aromatic carbocycles. The molecule has 6 nitrogen and oxygen atoms in total. The fraction of sp³-hybridized carbons (Fsp3) is 0.500. The predicted molar refractivity (Wildman–Crippen MR) is 79.0 cm³/mol. The van der Waals surface area contributed by atoms with Crippen LogP contribution in [-0.2, 0) is 10.0 Å². The monoisotopic (exact) mass is 315 g/mol. The minimum atomic E-state index is -3.84. The molecule has 0 bridgehead atoms. The largest absolute Gasteiger partial charge is 0.478 e. The molecule has 0 aliphatic carbocycles. The van der Waals surface area contributed by atoms with E-state index in [1.54, 1.807) is 27.7 Å². The minimum Gasteiger partial charge on any atom is -0.478 e. The van der Waals surface area contributed by atoms with Gasteiger partial charge >= 0.3 is 5.97 Å². The standard InChI is InChI=1S/C14H21NO5S/c1-8-5-12(14(17)18)7-13(11(8)4)21(19,20)15-9(2)6-10(3)16/h5,7,9-10,15-16H,6H2,1-4H3,(H,17,18). The van der Waals surface area contributed by atoms with E-state index in [0.717, 1.165) is 6.07 Å². The second-order valence-corrected chi connectivity index (χ2v) is 7.01. The number of hydrogen-bond acceptors (Lipinski definition) is 4. The number of aryl methyl sites for hydroxylation is 1. The molecule has 0 spiro atoms. The van der Waals surface area contributed by atoms with Crippen LogP contribution in [0.2, 0.25) is 0 Å². The van der Waals surface area contributed by atoms with Crippen LogP contribution in [0, 0.1) is 13.8 Å². The van der Waals surface area contributed by atoms with Crippen LogP contribution in [0.3, 0.4) is 0 Å². The number of nitrogens with one attached hydrogen (secondary N) is 1. The molecule has 0 saturated carbocycles. The maximum absolute atomic E-state index is 12.4. The first kappa shape index (κ1) is 17.6. The summed E-state index contributed by atoms with van der Waals surface area (Å²) in [6.07, 6.45) is -0.355. The Labute approximate surface area is 124 Å². The maximum Gasteiger partial charge on any atom is 0.335 e. The van der Waals surface area contributed by atoms with E-state index in [1.807, 2.05) is 0 Å². The van der Waals surface area contributed by atoms with E-state index in [-0.39, 0.29) is 16.9 Å². The third-order valence-corrected chi connectivity index (χ3v) is 4.92. The van der Waals surface area contributed by atoms with Crippen LogP contribution in [0.15, 0.2) is 17.0 Å². The SMILES string of the molecule is Cc1cc(C(=O)O)cc(S(=O)(=O)NC(C)CC(C)O)c1C. The molecular weight excluding hydrogens is 294 g/mol. The number of aliphatic hydroxyl groups excluding tert-OH is 1. The molecule has 1 rings (SSSR count). The summed E-state index contributed by atoms with van der Waals surface area (Å²) < 4.78 is 27.2. The second kappa shape index (κ2) is 6.55. The van der Waals surface area contributed by atoms with Gasteiger partial charge in [0.2, 0.25) is 10.0 Å². The highest BCUT2D eigenvalue weighted by Gasteiger charge is 2.23. The normalized spacial score (nSPS) is 14.7. The Morgan fingerprint density at radius 2 is 1.86 bits per heavy atom. The van der Waals surface area contributed by atoms with Crippen molar-refractivity contribution in [2.24, 2.45) is 0 Å². The van der Waals surface area contributed by atoms with E-state index in [4.69, 9.17) is 5.11 Å². The van der Waals surface area contributed by atoms with E-state index in [1.165, 1.54) is 6.07 Å². The zero-order chi connectivity index (χ0) is 16.4. The third kappa shape index (κ3) is 4.52. The van der Waals surface area contributed by atoms with Crippen molar-refractivity contribution in [1.29, 1.82) is 0 Å². The molecule has 2 unspecified atom stereocenters. The molecule has 3 N–H and O–H groups in total. The summed E-state index contributed by atoms with van der Waals surface area (Å²) in [7, 11) is -3.84. The van der Waals surface area contributed by atoms with E-state index in [2.05, 4.69) is 4.72 Å². The lowest BCUT2D eigenvalue weighted by Crippen LogP contribution is -2.35. The van der Waals surface area contributed by atoms with Crippen molar-refractivity contribution in [1.82, 2.24) is 4.72 Å². The molecule has 0 radical (unpaired) electrons. The first-order valence-electron chi connectivity index (χ1n) is 6.59. The second-order valence-electron chi connectivity index (χ2n) is 5.33. The Bertz CT molecular complexity index is 637. The van der Waals surface area contributed by atoms with Gasteiger partial charge in [-0.1, -0.05) is 0 Å². The highest BCUT2D eigenvalue weighted by molar-refractivity contribution is 7.89. The first-order valence-corrected chi connectivity index (χ1v) is 8.08. The molecule has 0 aromatic heterocycles. The number of sulfonamides is 1. The van der Waals surface area contributed by atoms with Crippen LogP contribution in [0.5, 0.6) is 0 Å². The quantitative estimate of drug-likeness (QED) is 0.737. The molecule has 0 fully saturated rings. The van der Waals surface area contributed by atoms with E-state index < -0.39 is 28.1 Å². The van der Waals surface area contributed by atoms with Gasteiger partial charge in [0.25, 0.3) is 0 Å². The van der Waals surface area contributed by atoms with Gasteiger partial charge in [-0.2, -0.15) is 0 Å². The van der Waals surface area contributed by atoms with Crippen LogP contribution in [0.1, 0.15) is 41.8 Å². The van der Waals surface area contributed by atoms with Gasteiger partial charge in [0.15, 0.2) is 0 Å². The Hall–Kier alpha value is -1.44. The van der Waals surface area contributed by atoms with Gasteiger partial charge in [-0.3, -0.25) is 0 Å². The lowest BCUT2D eigenvalue weighted by atomic mass is 10.1. The molecule has 0 aliphatic heterocycles. The van der Waals surface area contributed by atoms with Crippen molar-refractivity contribution in [3.05, 3.63) is 28.8 Å². The highest BCUT2D eigenvalue weighted by Crippen LogP contribution is 2.21. The van der Waals surface area contributed by atoms with E-state index in [0.29, 0.717) is 11.1 Å². The number of aliphatic hydroxyl groups is 1. The molecule has 7 heteroatoms. The minimum absolute atomic E-state index is 0.0441. The van der Waals surface area contributed by atoms with Crippen molar-refractivity contribution in [2.75, 3.05) is 0 Å². The van der Waals surface area contributed by atoms with Crippen LogP contribution in [0.4, 0.5) is 0 Å². The van der Waals surface area contributed by atoms with E-state index >= 15 is 0 Å². The lowest BCUT2D eigenvalue weighted by molar-refractivity contribution is 0.0696.